The monoisotopic (exact) mass is 548 g/mol. The smallest absolute Gasteiger partial charge is 0.168 e. The largest absolute Gasteiger partial charge is 0.412 e. The summed E-state index contributed by atoms with van der Waals surface area (Å²) in [7, 11) is 0. The minimum absolute atomic E-state index is 0. The van der Waals surface area contributed by atoms with Crippen molar-refractivity contribution in [3.05, 3.63) is 29.3 Å². The molecule has 0 unspecified atom stereocenters. The van der Waals surface area contributed by atoms with Gasteiger partial charge in [0.25, 0.3) is 0 Å². The van der Waals surface area contributed by atoms with Crippen LogP contribution in [-0.4, -0.2) is 33.2 Å². The van der Waals surface area contributed by atoms with Gasteiger partial charge in [0.05, 0.1) is 0 Å². The summed E-state index contributed by atoms with van der Waals surface area (Å²) in [6.07, 6.45) is 20.3. The first-order valence-electron chi connectivity index (χ1n) is 14.1. The summed E-state index contributed by atoms with van der Waals surface area (Å²) >= 11 is 0. The average Bonchev–Trinajstić information content (AvgIpc) is 2.77. The summed E-state index contributed by atoms with van der Waals surface area (Å²) < 4.78 is 0. The van der Waals surface area contributed by atoms with Gasteiger partial charge in [0, 0.05) is 39.5 Å². The molecule has 0 spiro atoms. The maximum absolute atomic E-state index is 9.23. The van der Waals surface area contributed by atoms with Crippen LogP contribution in [0.5, 0.6) is 5.75 Å². The Kier molecular flexibility index (Phi) is 38.6. The molecule has 0 aliphatic carbocycles. The third-order valence-corrected chi connectivity index (χ3v) is 5.41. The van der Waals surface area contributed by atoms with Gasteiger partial charge in [-0.25, -0.2) is 5.26 Å². The van der Waals surface area contributed by atoms with Crippen LogP contribution in [0.3, 0.4) is 0 Å². The van der Waals surface area contributed by atoms with Gasteiger partial charge >= 0.3 is 0 Å². The van der Waals surface area contributed by atoms with E-state index in [-0.39, 0.29) is 39.4 Å². The number of rotatable bonds is 17. The maximum Gasteiger partial charge on any atom is 0.168 e. The zero-order valence-corrected chi connectivity index (χ0v) is 26.0. The molecule has 0 radical (unpaired) electrons. The van der Waals surface area contributed by atoms with Crippen molar-refractivity contribution in [1.29, 1.82) is 0 Å². The Morgan fingerprint density at radius 2 is 1.00 bits per heavy atom. The molecule has 0 aromatic heterocycles. The fourth-order valence-corrected chi connectivity index (χ4v) is 3.75. The van der Waals surface area contributed by atoms with Gasteiger partial charge in [-0.2, -0.15) is 0 Å². The molecule has 5 nitrogen and oxygen atoms in total. The molecule has 1 aromatic rings. The summed E-state index contributed by atoms with van der Waals surface area (Å²) in [5, 5.41) is 25.3. The number of aliphatic hydroxyl groups excluding tert-OH is 2. The Bertz CT molecular complexity index is 527. The zero-order chi connectivity index (χ0) is 26.0. The second kappa shape index (κ2) is 32.6. The van der Waals surface area contributed by atoms with Gasteiger partial charge in [0.2, 0.25) is 0 Å². The van der Waals surface area contributed by atoms with Crippen LogP contribution in [0.25, 0.3) is 0 Å². The summed E-state index contributed by atoms with van der Waals surface area (Å²) in [4.78, 5) is 4.67. The Labute approximate surface area is 238 Å². The van der Waals surface area contributed by atoms with Gasteiger partial charge in [-0.05, 0) is 65.0 Å². The predicted molar refractivity (Wildman–Crippen MR) is 151 cm³/mol. The molecule has 0 atom stereocenters. The first-order valence-corrected chi connectivity index (χ1v) is 14.1. The Hall–Kier alpha value is -0.426. The first kappa shape index (κ1) is 42.7. The summed E-state index contributed by atoms with van der Waals surface area (Å²) in [6.45, 7) is 11.4. The summed E-state index contributed by atoms with van der Waals surface area (Å²) in [6, 6.07) is 6.12. The molecular weight excluding hydrogens is 488 g/mol. The van der Waals surface area contributed by atoms with Crippen LogP contribution in [-0.2, 0) is 34.6 Å². The number of benzene rings is 1. The van der Waals surface area contributed by atoms with Crippen molar-refractivity contribution in [1.82, 2.24) is 0 Å². The molecule has 36 heavy (non-hydrogen) atoms. The molecule has 1 rings (SSSR count). The predicted octanol–water partition coefficient (Wildman–Crippen LogP) is 8.07. The quantitative estimate of drug-likeness (QED) is 0.0793. The molecule has 5 N–H and O–H groups in total. The molecular formula is C30H60O5Ti. The number of hydrogen-bond acceptors (Lipinski definition) is 4. The van der Waals surface area contributed by atoms with Crippen LogP contribution in [0, 0.1) is 0 Å². The van der Waals surface area contributed by atoms with E-state index in [4.69, 9.17) is 10.2 Å². The number of unbranched alkanes of at least 4 members (excludes halogenated alkanes) is 12. The van der Waals surface area contributed by atoms with E-state index < -0.39 is 0 Å². The van der Waals surface area contributed by atoms with E-state index in [2.05, 4.69) is 24.8 Å². The second-order valence-corrected chi connectivity index (χ2v) is 9.92. The van der Waals surface area contributed by atoms with Gasteiger partial charge in [-0.1, -0.05) is 103 Å². The minimum Gasteiger partial charge on any atom is -0.412 e. The molecule has 0 saturated carbocycles. The van der Waals surface area contributed by atoms with Crippen LogP contribution in [0.15, 0.2) is 18.2 Å². The summed E-state index contributed by atoms with van der Waals surface area (Å²) in [5.41, 5.74) is 2.60. The van der Waals surface area contributed by atoms with Gasteiger partial charge in [0.15, 0.2) is 5.75 Å². The van der Waals surface area contributed by atoms with E-state index in [0.29, 0.717) is 5.75 Å². The number of aryl methyl sites for hydroxylation is 1. The van der Waals surface area contributed by atoms with Crippen molar-refractivity contribution < 1.29 is 47.6 Å². The zero-order valence-electron chi connectivity index (χ0n) is 24.5. The third kappa shape index (κ3) is 31.6. The van der Waals surface area contributed by atoms with Crippen molar-refractivity contribution in [2.75, 3.05) is 0 Å². The van der Waals surface area contributed by atoms with Gasteiger partial charge in [-0.3, -0.25) is 0 Å². The molecule has 0 aliphatic heterocycles. The molecule has 214 valence electrons. The fourth-order valence-electron chi connectivity index (χ4n) is 3.75. The van der Waals surface area contributed by atoms with Crippen LogP contribution >= 0.6 is 0 Å². The van der Waals surface area contributed by atoms with Crippen molar-refractivity contribution in [2.45, 2.75) is 156 Å². The average molecular weight is 549 g/mol. The van der Waals surface area contributed by atoms with Crippen molar-refractivity contribution >= 4 is 0 Å². The van der Waals surface area contributed by atoms with E-state index in [0.717, 1.165) is 12.8 Å². The van der Waals surface area contributed by atoms with E-state index in [1.807, 2.05) is 12.1 Å². The maximum atomic E-state index is 9.23. The van der Waals surface area contributed by atoms with Crippen LogP contribution in [0.4, 0.5) is 0 Å². The third-order valence-electron chi connectivity index (χ3n) is 5.41. The van der Waals surface area contributed by atoms with Gasteiger partial charge in [-0.15, -0.1) is 0 Å². The molecule has 0 fully saturated rings. The standard InChI is InChI=1S/C24H42O2.2C3H8O.H2O.Ti/c1-3-5-7-9-11-13-15-18-22-19-17-21-24(26-25)23(22)20-16-14-12-10-8-6-4-2;2*1-3(2)4;;/h17,19,21,25H,3-16,18,20H2,1-2H3;2*3-4H,1-2H3;1H2;. The minimum atomic E-state index is -0.167. The van der Waals surface area contributed by atoms with Gasteiger partial charge in [0.1, 0.15) is 0 Å². The van der Waals surface area contributed by atoms with Crippen LogP contribution < -0.4 is 4.89 Å². The Morgan fingerprint density at radius 3 is 1.39 bits per heavy atom. The Morgan fingerprint density at radius 1 is 0.639 bits per heavy atom. The van der Waals surface area contributed by atoms with Crippen LogP contribution in [0.1, 0.15) is 143 Å². The first-order chi connectivity index (χ1) is 16.3. The SMILES string of the molecule is CC(C)O.CC(C)O.CCCCCCCCCc1cccc(OO)c1CCCCCCCCC.O.[Ti]. The van der Waals surface area contributed by atoms with Crippen molar-refractivity contribution in [3.8, 4) is 5.75 Å². The van der Waals surface area contributed by atoms with E-state index in [1.54, 1.807) is 27.7 Å². The molecule has 0 bridgehead atoms. The molecule has 0 heterocycles. The second-order valence-electron chi connectivity index (χ2n) is 9.92. The molecule has 6 heteroatoms. The fraction of sp³-hybridized carbons (Fsp3) is 0.800. The van der Waals surface area contributed by atoms with E-state index in [9.17, 15) is 5.26 Å². The molecule has 0 saturated heterocycles. The van der Waals surface area contributed by atoms with Crippen LogP contribution in [0.2, 0.25) is 0 Å². The van der Waals surface area contributed by atoms with Gasteiger partial charge < -0.3 is 20.6 Å². The Balaban J connectivity index is -0.000000446. The van der Waals surface area contributed by atoms with Crippen molar-refractivity contribution in [2.24, 2.45) is 0 Å². The van der Waals surface area contributed by atoms with E-state index in [1.165, 1.54) is 101 Å². The molecule has 0 amide bonds. The molecule has 1 aromatic carbocycles. The molecule has 0 aliphatic rings. The number of hydrogen-bond donors (Lipinski definition) is 3. The summed E-state index contributed by atoms with van der Waals surface area (Å²) in [5.74, 6) is 0.663. The number of aliphatic hydroxyl groups is 2. The van der Waals surface area contributed by atoms with E-state index >= 15 is 0 Å². The van der Waals surface area contributed by atoms with Crippen molar-refractivity contribution in [3.63, 3.8) is 0 Å². The normalized spacial score (nSPS) is 9.97. The topological polar surface area (TPSA) is 101 Å².